The highest BCUT2D eigenvalue weighted by atomic mass is 16.5. The molecular weight excluding hydrogens is 244 g/mol. The number of unbranched alkanes of at least 4 members (excludes halogenated alkanes) is 14. The van der Waals surface area contributed by atoms with Gasteiger partial charge in [-0.15, -0.1) is 0 Å². The summed E-state index contributed by atoms with van der Waals surface area (Å²) >= 11 is 0. The summed E-state index contributed by atoms with van der Waals surface area (Å²) in [5, 5.41) is 0. The highest BCUT2D eigenvalue weighted by Crippen LogP contribution is 2.13. The van der Waals surface area contributed by atoms with Gasteiger partial charge in [0, 0.05) is 6.61 Å². The van der Waals surface area contributed by atoms with E-state index >= 15 is 0 Å². The number of rotatable bonds is 17. The topological polar surface area (TPSA) is 9.23 Å². The highest BCUT2D eigenvalue weighted by Gasteiger charge is 1.94. The molecule has 0 rings (SSSR count). The Morgan fingerprint density at radius 1 is 0.550 bits per heavy atom. The summed E-state index contributed by atoms with van der Waals surface area (Å²) in [6, 6.07) is 0. The van der Waals surface area contributed by atoms with E-state index in [1.54, 1.807) is 0 Å². The Morgan fingerprint density at radius 2 is 0.950 bits per heavy atom. The molecular formula is C19H39O. The third-order valence-corrected chi connectivity index (χ3v) is 3.96. The van der Waals surface area contributed by atoms with Crippen LogP contribution in [0.4, 0.5) is 0 Å². The fourth-order valence-electron chi connectivity index (χ4n) is 2.62. The van der Waals surface area contributed by atoms with Crippen molar-refractivity contribution in [1.29, 1.82) is 0 Å². The van der Waals surface area contributed by atoms with Crippen LogP contribution in [0.15, 0.2) is 0 Å². The van der Waals surface area contributed by atoms with Gasteiger partial charge in [-0.3, -0.25) is 0 Å². The van der Waals surface area contributed by atoms with Gasteiger partial charge >= 0.3 is 0 Å². The van der Waals surface area contributed by atoms with Crippen molar-refractivity contribution in [1.82, 2.24) is 0 Å². The molecule has 0 aliphatic rings. The number of hydrogen-bond acceptors (Lipinski definition) is 1. The quantitative estimate of drug-likeness (QED) is 0.260. The van der Waals surface area contributed by atoms with Gasteiger partial charge in [-0.1, -0.05) is 96.8 Å². The molecule has 0 heterocycles. The van der Waals surface area contributed by atoms with E-state index in [0.29, 0.717) is 0 Å². The highest BCUT2D eigenvalue weighted by molar-refractivity contribution is 4.53. The summed E-state index contributed by atoms with van der Waals surface area (Å²) in [6.45, 7) is 7.12. The van der Waals surface area contributed by atoms with Crippen LogP contribution in [0.1, 0.15) is 110 Å². The fourth-order valence-corrected chi connectivity index (χ4v) is 2.62. The van der Waals surface area contributed by atoms with E-state index in [1.807, 2.05) is 13.5 Å². The van der Waals surface area contributed by atoms with Crippen molar-refractivity contribution in [2.75, 3.05) is 6.61 Å². The summed E-state index contributed by atoms with van der Waals surface area (Å²) in [5.74, 6) is 0. The van der Waals surface area contributed by atoms with Gasteiger partial charge in [0.2, 0.25) is 0 Å². The molecule has 0 N–H and O–H groups in total. The van der Waals surface area contributed by atoms with Crippen LogP contribution in [0, 0.1) is 6.61 Å². The lowest BCUT2D eigenvalue weighted by molar-refractivity contribution is 0.205. The predicted molar refractivity (Wildman–Crippen MR) is 90.9 cm³/mol. The van der Waals surface area contributed by atoms with E-state index in [9.17, 15) is 0 Å². The van der Waals surface area contributed by atoms with Crippen LogP contribution < -0.4 is 0 Å². The Hall–Kier alpha value is -0.0400. The first-order valence-corrected chi connectivity index (χ1v) is 9.35. The van der Waals surface area contributed by atoms with Gasteiger partial charge in [0.25, 0.3) is 0 Å². The Kier molecular flexibility index (Phi) is 18.9. The fraction of sp³-hybridized carbons (Fsp3) is 0.947. The maximum atomic E-state index is 5.22. The van der Waals surface area contributed by atoms with Crippen molar-refractivity contribution >= 4 is 0 Å². The van der Waals surface area contributed by atoms with E-state index in [-0.39, 0.29) is 0 Å². The Balaban J connectivity index is 2.89. The van der Waals surface area contributed by atoms with Crippen molar-refractivity contribution in [3.05, 3.63) is 6.61 Å². The molecule has 0 aromatic rings. The molecule has 0 saturated carbocycles. The van der Waals surface area contributed by atoms with Crippen molar-refractivity contribution in [2.24, 2.45) is 0 Å². The molecule has 1 nitrogen and oxygen atoms in total. The van der Waals surface area contributed by atoms with Crippen molar-refractivity contribution in [3.8, 4) is 0 Å². The maximum absolute atomic E-state index is 5.22. The van der Waals surface area contributed by atoms with Crippen LogP contribution in [-0.4, -0.2) is 6.61 Å². The normalized spacial score (nSPS) is 11.1. The molecule has 0 amide bonds. The molecule has 0 aromatic heterocycles. The van der Waals surface area contributed by atoms with Gasteiger partial charge in [0.15, 0.2) is 0 Å². The molecule has 0 unspecified atom stereocenters. The minimum absolute atomic E-state index is 0.818. The second-order valence-electron chi connectivity index (χ2n) is 6.01. The Labute approximate surface area is 128 Å². The van der Waals surface area contributed by atoms with Gasteiger partial charge in [-0.25, -0.2) is 0 Å². The molecule has 1 heteroatoms. The predicted octanol–water partition coefficient (Wildman–Crippen LogP) is 7.06. The van der Waals surface area contributed by atoms with Crippen LogP contribution >= 0.6 is 0 Å². The van der Waals surface area contributed by atoms with Crippen molar-refractivity contribution in [2.45, 2.75) is 110 Å². The molecule has 0 aromatic carbocycles. The third kappa shape index (κ3) is 18.0. The van der Waals surface area contributed by atoms with Gasteiger partial charge in [-0.05, 0) is 13.3 Å². The maximum Gasteiger partial charge on any atom is 0.0836 e. The van der Waals surface area contributed by atoms with Gasteiger partial charge in [-0.2, -0.15) is 0 Å². The average Bonchev–Trinajstić information content (AvgIpc) is 2.47. The van der Waals surface area contributed by atoms with Gasteiger partial charge < -0.3 is 4.74 Å². The zero-order valence-corrected chi connectivity index (χ0v) is 14.3. The summed E-state index contributed by atoms with van der Waals surface area (Å²) in [4.78, 5) is 0. The summed E-state index contributed by atoms with van der Waals surface area (Å²) in [6.07, 6.45) is 21.2. The summed E-state index contributed by atoms with van der Waals surface area (Å²) < 4.78 is 5.22. The largest absolute Gasteiger partial charge is 0.376 e. The van der Waals surface area contributed by atoms with E-state index < -0.39 is 0 Å². The first-order chi connectivity index (χ1) is 9.91. The second kappa shape index (κ2) is 19.0. The van der Waals surface area contributed by atoms with E-state index in [2.05, 4.69) is 6.92 Å². The number of hydrogen-bond donors (Lipinski definition) is 0. The van der Waals surface area contributed by atoms with Crippen LogP contribution in [0.2, 0.25) is 0 Å². The molecule has 0 bridgehead atoms. The minimum atomic E-state index is 0.818. The first-order valence-electron chi connectivity index (χ1n) is 9.35. The molecule has 0 spiro atoms. The Bertz CT molecular complexity index is 138. The van der Waals surface area contributed by atoms with Crippen molar-refractivity contribution < 1.29 is 4.74 Å². The molecule has 0 aliphatic carbocycles. The van der Waals surface area contributed by atoms with Crippen LogP contribution in [0.5, 0.6) is 0 Å². The van der Waals surface area contributed by atoms with E-state index in [0.717, 1.165) is 13.0 Å². The zero-order chi connectivity index (χ0) is 14.7. The van der Waals surface area contributed by atoms with E-state index in [4.69, 9.17) is 4.74 Å². The second-order valence-corrected chi connectivity index (χ2v) is 6.01. The monoisotopic (exact) mass is 283 g/mol. The van der Waals surface area contributed by atoms with Crippen LogP contribution in [-0.2, 0) is 4.74 Å². The first kappa shape index (κ1) is 20.0. The van der Waals surface area contributed by atoms with Gasteiger partial charge in [0.05, 0.1) is 6.61 Å². The van der Waals surface area contributed by atoms with Crippen molar-refractivity contribution in [3.63, 3.8) is 0 Å². The van der Waals surface area contributed by atoms with Gasteiger partial charge in [0.1, 0.15) is 0 Å². The lowest BCUT2D eigenvalue weighted by atomic mass is 10.0. The smallest absolute Gasteiger partial charge is 0.0836 e. The third-order valence-electron chi connectivity index (χ3n) is 3.96. The molecule has 0 fully saturated rings. The molecule has 0 aliphatic heterocycles. The summed E-state index contributed by atoms with van der Waals surface area (Å²) in [7, 11) is 0. The molecule has 0 saturated heterocycles. The zero-order valence-electron chi connectivity index (χ0n) is 14.3. The lowest BCUT2D eigenvalue weighted by Crippen LogP contribution is -1.87. The minimum Gasteiger partial charge on any atom is -0.376 e. The van der Waals surface area contributed by atoms with Crippen LogP contribution in [0.25, 0.3) is 0 Å². The average molecular weight is 284 g/mol. The molecule has 121 valence electrons. The molecule has 20 heavy (non-hydrogen) atoms. The van der Waals surface area contributed by atoms with Crippen LogP contribution in [0.3, 0.4) is 0 Å². The number of ether oxygens (including phenoxy) is 1. The summed E-state index contributed by atoms with van der Waals surface area (Å²) in [5.41, 5.74) is 0. The Morgan fingerprint density at radius 3 is 1.35 bits per heavy atom. The lowest BCUT2D eigenvalue weighted by Gasteiger charge is -2.03. The SMILES string of the molecule is CCCCCCCCCCCCCCCC[CH]OCC. The standard InChI is InChI=1S/C19H39O/c1-3-5-6-7-8-9-10-11-12-13-14-15-16-17-18-19-20-4-2/h19H,3-18H2,1-2H3. The van der Waals surface area contributed by atoms with E-state index in [1.165, 1.54) is 89.9 Å². The molecule has 0 atom stereocenters. The molecule has 1 radical (unpaired) electrons.